The lowest BCUT2D eigenvalue weighted by molar-refractivity contribution is 0.0696. The fourth-order valence-corrected chi connectivity index (χ4v) is 3.88. The predicted molar refractivity (Wildman–Crippen MR) is 95.3 cm³/mol. The number of aromatic carboxylic acids is 1. The molecule has 3 rings (SSSR count). The molecule has 2 N–H and O–H groups in total. The lowest BCUT2D eigenvalue weighted by Gasteiger charge is -2.12. The van der Waals surface area contributed by atoms with Crippen molar-refractivity contribution >= 4 is 16.0 Å². The number of nitrogens with one attached hydrogen (secondary N) is 1. The van der Waals surface area contributed by atoms with Gasteiger partial charge >= 0.3 is 5.97 Å². The molecule has 7 nitrogen and oxygen atoms in total. The van der Waals surface area contributed by atoms with Gasteiger partial charge in [-0.1, -0.05) is 0 Å². The van der Waals surface area contributed by atoms with E-state index in [2.05, 4.69) is 4.72 Å². The molecule has 0 aliphatic heterocycles. The average molecular weight is 377 g/mol. The normalized spacial score (nSPS) is 14.1. The molecule has 0 heterocycles. The number of sulfonamides is 1. The topological polar surface area (TPSA) is 102 Å². The van der Waals surface area contributed by atoms with Crippen molar-refractivity contribution < 1.29 is 27.8 Å². The number of hydrogen-bond acceptors (Lipinski definition) is 5. The highest BCUT2D eigenvalue weighted by molar-refractivity contribution is 7.89. The Morgan fingerprint density at radius 1 is 1.00 bits per heavy atom. The van der Waals surface area contributed by atoms with Crippen molar-refractivity contribution in [2.75, 3.05) is 14.2 Å². The van der Waals surface area contributed by atoms with Crippen molar-refractivity contribution in [3.8, 4) is 22.6 Å². The van der Waals surface area contributed by atoms with E-state index in [0.717, 1.165) is 18.9 Å². The van der Waals surface area contributed by atoms with Crippen LogP contribution in [0.1, 0.15) is 23.2 Å². The second kappa shape index (κ2) is 6.97. The van der Waals surface area contributed by atoms with Crippen LogP contribution in [0.15, 0.2) is 41.3 Å². The Labute approximate surface area is 151 Å². The van der Waals surface area contributed by atoms with E-state index in [1.807, 2.05) is 0 Å². The van der Waals surface area contributed by atoms with E-state index in [1.54, 1.807) is 18.2 Å². The smallest absolute Gasteiger partial charge is 0.335 e. The molecule has 138 valence electrons. The molecule has 26 heavy (non-hydrogen) atoms. The second-order valence-corrected chi connectivity index (χ2v) is 7.76. The van der Waals surface area contributed by atoms with Crippen LogP contribution in [0.2, 0.25) is 0 Å². The highest BCUT2D eigenvalue weighted by Crippen LogP contribution is 2.32. The third-order valence-corrected chi connectivity index (χ3v) is 5.55. The lowest BCUT2D eigenvalue weighted by atomic mass is 10.0. The van der Waals surface area contributed by atoms with Crippen LogP contribution in [-0.2, 0) is 10.0 Å². The molecule has 0 atom stereocenters. The third-order valence-electron chi connectivity index (χ3n) is 4.05. The number of rotatable bonds is 7. The summed E-state index contributed by atoms with van der Waals surface area (Å²) in [6.07, 6.45) is 1.58. The minimum absolute atomic E-state index is 0.0751. The van der Waals surface area contributed by atoms with Crippen LogP contribution < -0.4 is 14.2 Å². The Kier molecular flexibility index (Phi) is 4.88. The van der Waals surface area contributed by atoms with Crippen LogP contribution in [0.5, 0.6) is 11.5 Å². The maximum Gasteiger partial charge on any atom is 0.335 e. The van der Waals surface area contributed by atoms with Gasteiger partial charge in [0.2, 0.25) is 10.0 Å². The van der Waals surface area contributed by atoms with Gasteiger partial charge in [0, 0.05) is 12.1 Å². The van der Waals surface area contributed by atoms with Crippen LogP contribution >= 0.6 is 0 Å². The molecule has 0 bridgehead atoms. The molecule has 0 saturated heterocycles. The standard InChI is InChI=1S/C18H19NO6S/c1-24-15-6-12(7-16(10-15)25-2)11-5-13(18(20)21)9-17(8-11)26(22,23)19-14-3-4-14/h5-10,14,19H,3-4H2,1-2H3,(H,20,21). The Morgan fingerprint density at radius 2 is 1.58 bits per heavy atom. The molecule has 1 saturated carbocycles. The number of ether oxygens (including phenoxy) is 2. The van der Waals surface area contributed by atoms with Crippen LogP contribution in [0.3, 0.4) is 0 Å². The van der Waals surface area contributed by atoms with E-state index in [-0.39, 0.29) is 16.5 Å². The molecule has 1 aliphatic carbocycles. The summed E-state index contributed by atoms with van der Waals surface area (Å²) in [5.41, 5.74) is 0.922. The molecular formula is C18H19NO6S. The van der Waals surface area contributed by atoms with Crippen molar-refractivity contribution in [2.24, 2.45) is 0 Å². The highest BCUT2D eigenvalue weighted by atomic mass is 32.2. The van der Waals surface area contributed by atoms with E-state index in [1.165, 1.54) is 26.4 Å². The van der Waals surface area contributed by atoms with Gasteiger partial charge in [0.25, 0.3) is 0 Å². The number of benzene rings is 2. The summed E-state index contributed by atoms with van der Waals surface area (Å²) < 4.78 is 38.1. The van der Waals surface area contributed by atoms with E-state index < -0.39 is 16.0 Å². The Bertz CT molecular complexity index is 928. The SMILES string of the molecule is COc1cc(OC)cc(-c2cc(C(=O)O)cc(S(=O)(=O)NC3CC3)c2)c1. The lowest BCUT2D eigenvalue weighted by Crippen LogP contribution is -2.26. The van der Waals surface area contributed by atoms with Crippen LogP contribution in [0.25, 0.3) is 11.1 Å². The van der Waals surface area contributed by atoms with Gasteiger partial charge in [-0.05, 0) is 54.3 Å². The first-order valence-corrected chi connectivity index (χ1v) is 9.45. The van der Waals surface area contributed by atoms with Crippen LogP contribution in [0, 0.1) is 0 Å². The molecule has 8 heteroatoms. The van der Waals surface area contributed by atoms with Crippen molar-refractivity contribution in [3.05, 3.63) is 42.0 Å². The number of hydrogen-bond donors (Lipinski definition) is 2. The van der Waals surface area contributed by atoms with Crippen LogP contribution in [0.4, 0.5) is 0 Å². The van der Waals surface area contributed by atoms with E-state index in [4.69, 9.17) is 9.47 Å². The third kappa shape index (κ3) is 3.97. The van der Waals surface area contributed by atoms with Gasteiger partial charge in [0.1, 0.15) is 11.5 Å². The fraction of sp³-hybridized carbons (Fsp3) is 0.278. The van der Waals surface area contributed by atoms with Crippen LogP contribution in [-0.4, -0.2) is 39.8 Å². The maximum absolute atomic E-state index is 12.5. The van der Waals surface area contributed by atoms with Gasteiger partial charge in [-0.3, -0.25) is 0 Å². The Morgan fingerprint density at radius 3 is 2.08 bits per heavy atom. The van der Waals surface area contributed by atoms with Crippen molar-refractivity contribution in [1.29, 1.82) is 0 Å². The van der Waals surface area contributed by atoms with E-state index in [9.17, 15) is 18.3 Å². The largest absolute Gasteiger partial charge is 0.497 e. The van der Waals surface area contributed by atoms with Crippen molar-refractivity contribution in [2.45, 2.75) is 23.8 Å². The van der Waals surface area contributed by atoms with Gasteiger partial charge in [-0.2, -0.15) is 0 Å². The summed E-state index contributed by atoms with van der Waals surface area (Å²) in [4.78, 5) is 11.4. The van der Waals surface area contributed by atoms with Gasteiger partial charge < -0.3 is 14.6 Å². The van der Waals surface area contributed by atoms with E-state index in [0.29, 0.717) is 22.6 Å². The zero-order chi connectivity index (χ0) is 18.9. The molecule has 2 aromatic carbocycles. The predicted octanol–water partition coefficient (Wildman–Crippen LogP) is 2.51. The molecule has 0 amide bonds. The number of carboxylic acids is 1. The Balaban J connectivity index is 2.13. The first-order chi connectivity index (χ1) is 12.3. The zero-order valence-electron chi connectivity index (χ0n) is 14.4. The first-order valence-electron chi connectivity index (χ1n) is 7.96. The summed E-state index contributed by atoms with van der Waals surface area (Å²) >= 11 is 0. The second-order valence-electron chi connectivity index (χ2n) is 6.05. The van der Waals surface area contributed by atoms with E-state index >= 15 is 0 Å². The number of carboxylic acid groups (broad SMARTS) is 1. The Hall–Kier alpha value is -2.58. The molecule has 0 aromatic heterocycles. The summed E-state index contributed by atoms with van der Waals surface area (Å²) in [6, 6.07) is 9.01. The van der Waals surface area contributed by atoms with Gasteiger partial charge in [0.15, 0.2) is 0 Å². The zero-order valence-corrected chi connectivity index (χ0v) is 15.2. The summed E-state index contributed by atoms with van der Waals surface area (Å²) in [6.45, 7) is 0. The van der Waals surface area contributed by atoms with Gasteiger partial charge in [-0.15, -0.1) is 0 Å². The summed E-state index contributed by atoms with van der Waals surface area (Å²) in [5, 5.41) is 9.38. The molecule has 1 aliphatic rings. The number of methoxy groups -OCH3 is 2. The maximum atomic E-state index is 12.5. The average Bonchev–Trinajstić information content (AvgIpc) is 3.44. The molecule has 1 fully saturated rings. The van der Waals surface area contributed by atoms with Crippen molar-refractivity contribution in [1.82, 2.24) is 4.72 Å². The fourth-order valence-electron chi connectivity index (χ4n) is 2.51. The molecular weight excluding hydrogens is 358 g/mol. The first kappa shape index (κ1) is 18.2. The van der Waals surface area contributed by atoms with Crippen molar-refractivity contribution in [3.63, 3.8) is 0 Å². The minimum atomic E-state index is -3.79. The van der Waals surface area contributed by atoms with Gasteiger partial charge in [-0.25, -0.2) is 17.9 Å². The van der Waals surface area contributed by atoms with Gasteiger partial charge in [0.05, 0.1) is 24.7 Å². The molecule has 0 unspecified atom stereocenters. The monoisotopic (exact) mass is 377 g/mol. The number of carbonyl (C=O) groups is 1. The molecule has 0 radical (unpaired) electrons. The molecule has 2 aromatic rings. The highest BCUT2D eigenvalue weighted by Gasteiger charge is 2.28. The summed E-state index contributed by atoms with van der Waals surface area (Å²) in [7, 11) is -0.787. The molecule has 0 spiro atoms. The minimum Gasteiger partial charge on any atom is -0.497 e. The summed E-state index contributed by atoms with van der Waals surface area (Å²) in [5.74, 6) is -0.175. The quantitative estimate of drug-likeness (QED) is 0.769.